The highest BCUT2D eigenvalue weighted by molar-refractivity contribution is 5.92. The summed E-state index contributed by atoms with van der Waals surface area (Å²) < 4.78 is 0. The Kier molecular flexibility index (Phi) is 2.81. The van der Waals surface area contributed by atoms with E-state index in [0.717, 1.165) is 5.56 Å². The van der Waals surface area contributed by atoms with E-state index in [1.165, 1.54) is 17.0 Å². The molecule has 3 rings (SSSR count). The molecule has 20 heavy (non-hydrogen) atoms. The van der Waals surface area contributed by atoms with E-state index in [-0.39, 0.29) is 17.7 Å². The van der Waals surface area contributed by atoms with Crippen molar-refractivity contribution in [3.8, 4) is 5.75 Å². The lowest BCUT2D eigenvalue weighted by Crippen LogP contribution is -2.52. The van der Waals surface area contributed by atoms with E-state index in [9.17, 15) is 19.8 Å². The molecule has 2 aliphatic heterocycles. The number of aromatic hydroxyl groups is 1. The average Bonchev–Trinajstić information content (AvgIpc) is 2.97. The van der Waals surface area contributed by atoms with E-state index in [4.69, 9.17) is 0 Å². The standard InChI is InChI=1S/C14H16N2O4/c17-10-3-1-9(2-4-10)11-5-6-14(16(11)13(19)20)7-8-15-12(14)18/h1-4,11,17H,5-8H2,(H,15,18)(H,19,20)/t11-,14-/m0/s1. The van der Waals surface area contributed by atoms with Crippen LogP contribution in [0.3, 0.4) is 0 Å². The van der Waals surface area contributed by atoms with Crippen molar-refractivity contribution in [2.24, 2.45) is 0 Å². The van der Waals surface area contributed by atoms with Crippen LogP contribution in [0.1, 0.15) is 30.9 Å². The van der Waals surface area contributed by atoms with Gasteiger partial charge in [0, 0.05) is 6.54 Å². The third kappa shape index (κ3) is 1.71. The van der Waals surface area contributed by atoms with Gasteiger partial charge in [-0.2, -0.15) is 0 Å². The molecule has 6 heteroatoms. The first-order valence-corrected chi connectivity index (χ1v) is 6.64. The number of amides is 2. The highest BCUT2D eigenvalue weighted by Gasteiger charge is 2.56. The maximum atomic E-state index is 12.1. The third-order valence-electron chi connectivity index (χ3n) is 4.33. The summed E-state index contributed by atoms with van der Waals surface area (Å²) in [6.07, 6.45) is 0.603. The molecule has 2 fully saturated rings. The molecule has 1 aromatic carbocycles. The van der Waals surface area contributed by atoms with Gasteiger partial charge in [0.05, 0.1) is 6.04 Å². The molecule has 2 heterocycles. The molecule has 0 aromatic heterocycles. The van der Waals surface area contributed by atoms with Crippen LogP contribution in [-0.2, 0) is 4.79 Å². The molecule has 2 aliphatic rings. The highest BCUT2D eigenvalue weighted by Crippen LogP contribution is 2.46. The maximum Gasteiger partial charge on any atom is 0.408 e. The lowest BCUT2D eigenvalue weighted by atomic mass is 9.95. The predicted molar refractivity (Wildman–Crippen MR) is 70.3 cm³/mol. The normalized spacial score (nSPS) is 28.9. The molecule has 0 bridgehead atoms. The minimum Gasteiger partial charge on any atom is -0.508 e. The molecule has 106 valence electrons. The van der Waals surface area contributed by atoms with Gasteiger partial charge in [0.1, 0.15) is 11.3 Å². The van der Waals surface area contributed by atoms with Crippen LogP contribution in [0.2, 0.25) is 0 Å². The van der Waals surface area contributed by atoms with Crippen molar-refractivity contribution in [3.05, 3.63) is 29.8 Å². The van der Waals surface area contributed by atoms with Gasteiger partial charge in [-0.25, -0.2) is 4.79 Å². The van der Waals surface area contributed by atoms with Crippen LogP contribution in [0.4, 0.5) is 4.79 Å². The fraction of sp³-hybridized carbons (Fsp3) is 0.429. The molecule has 6 nitrogen and oxygen atoms in total. The van der Waals surface area contributed by atoms with Gasteiger partial charge in [0.15, 0.2) is 0 Å². The largest absolute Gasteiger partial charge is 0.508 e. The summed E-state index contributed by atoms with van der Waals surface area (Å²) in [6.45, 7) is 0.519. The van der Waals surface area contributed by atoms with E-state index >= 15 is 0 Å². The van der Waals surface area contributed by atoms with E-state index in [0.29, 0.717) is 25.8 Å². The quantitative estimate of drug-likeness (QED) is 0.724. The lowest BCUT2D eigenvalue weighted by Gasteiger charge is -2.34. The number of rotatable bonds is 1. The summed E-state index contributed by atoms with van der Waals surface area (Å²) >= 11 is 0. The fourth-order valence-electron chi connectivity index (χ4n) is 3.38. The van der Waals surface area contributed by atoms with Crippen molar-refractivity contribution in [2.75, 3.05) is 6.54 Å². The first-order chi connectivity index (χ1) is 9.54. The zero-order valence-electron chi connectivity index (χ0n) is 10.9. The van der Waals surface area contributed by atoms with Gasteiger partial charge in [-0.3, -0.25) is 9.69 Å². The monoisotopic (exact) mass is 276 g/mol. The van der Waals surface area contributed by atoms with Gasteiger partial charge in [0.25, 0.3) is 0 Å². The van der Waals surface area contributed by atoms with Crippen molar-refractivity contribution >= 4 is 12.0 Å². The van der Waals surface area contributed by atoms with Crippen molar-refractivity contribution in [3.63, 3.8) is 0 Å². The van der Waals surface area contributed by atoms with Crippen molar-refractivity contribution < 1.29 is 19.8 Å². The van der Waals surface area contributed by atoms with Crippen LogP contribution < -0.4 is 5.32 Å². The molecule has 0 aliphatic carbocycles. The second-order valence-corrected chi connectivity index (χ2v) is 5.34. The number of hydrogen-bond donors (Lipinski definition) is 3. The molecular formula is C14H16N2O4. The molecule has 0 saturated carbocycles. The number of likely N-dealkylation sites (tertiary alicyclic amines) is 1. The molecular weight excluding hydrogens is 260 g/mol. The third-order valence-corrected chi connectivity index (χ3v) is 4.33. The van der Waals surface area contributed by atoms with Crippen molar-refractivity contribution in [1.82, 2.24) is 10.2 Å². The van der Waals surface area contributed by atoms with E-state index < -0.39 is 11.6 Å². The van der Waals surface area contributed by atoms with Crippen LogP contribution in [0.15, 0.2) is 24.3 Å². The second-order valence-electron chi connectivity index (χ2n) is 5.34. The Labute approximate surface area is 116 Å². The summed E-state index contributed by atoms with van der Waals surface area (Å²) in [5.41, 5.74) is -0.115. The molecule has 3 N–H and O–H groups in total. The van der Waals surface area contributed by atoms with Gasteiger partial charge >= 0.3 is 6.09 Å². The van der Waals surface area contributed by atoms with Gasteiger partial charge in [-0.05, 0) is 37.0 Å². The molecule has 0 unspecified atom stereocenters. The Morgan fingerprint density at radius 3 is 2.55 bits per heavy atom. The highest BCUT2D eigenvalue weighted by atomic mass is 16.4. The minimum atomic E-state index is -1.07. The Balaban J connectivity index is 1.99. The number of carboxylic acid groups (broad SMARTS) is 1. The van der Waals surface area contributed by atoms with Crippen LogP contribution in [0.25, 0.3) is 0 Å². The summed E-state index contributed by atoms with van der Waals surface area (Å²) in [6, 6.07) is 6.16. The molecule has 2 saturated heterocycles. The first kappa shape index (κ1) is 12.8. The number of nitrogens with zero attached hydrogens (tertiary/aromatic N) is 1. The molecule has 2 atom stereocenters. The fourth-order valence-corrected chi connectivity index (χ4v) is 3.38. The molecule has 1 aromatic rings. The number of carbonyl (C=O) groups is 2. The van der Waals surface area contributed by atoms with Crippen LogP contribution in [0.5, 0.6) is 5.75 Å². The lowest BCUT2D eigenvalue weighted by molar-refractivity contribution is -0.128. The van der Waals surface area contributed by atoms with Crippen LogP contribution in [0, 0.1) is 0 Å². The van der Waals surface area contributed by atoms with Gasteiger partial charge in [-0.1, -0.05) is 12.1 Å². The summed E-state index contributed by atoms with van der Waals surface area (Å²) in [5, 5.41) is 21.6. The summed E-state index contributed by atoms with van der Waals surface area (Å²) in [5.74, 6) is -0.0527. The van der Waals surface area contributed by atoms with Gasteiger partial charge in [0.2, 0.25) is 5.91 Å². The zero-order valence-corrected chi connectivity index (χ0v) is 10.9. The van der Waals surface area contributed by atoms with Crippen molar-refractivity contribution in [1.29, 1.82) is 0 Å². The Bertz CT molecular complexity index is 557. The van der Waals surface area contributed by atoms with Crippen molar-refractivity contribution in [2.45, 2.75) is 30.8 Å². The first-order valence-electron chi connectivity index (χ1n) is 6.64. The van der Waals surface area contributed by atoms with Gasteiger partial charge in [-0.15, -0.1) is 0 Å². The Morgan fingerprint density at radius 2 is 2.00 bits per heavy atom. The Hall–Kier alpha value is -2.24. The molecule has 1 spiro atoms. The smallest absolute Gasteiger partial charge is 0.408 e. The second kappa shape index (κ2) is 4.40. The van der Waals surface area contributed by atoms with E-state index in [2.05, 4.69) is 5.32 Å². The Morgan fingerprint density at radius 1 is 1.30 bits per heavy atom. The number of nitrogens with one attached hydrogen (secondary N) is 1. The maximum absolute atomic E-state index is 12.1. The topological polar surface area (TPSA) is 89.9 Å². The van der Waals surface area contributed by atoms with Crippen LogP contribution in [-0.4, -0.2) is 39.2 Å². The van der Waals surface area contributed by atoms with Gasteiger partial charge < -0.3 is 15.5 Å². The number of carbonyl (C=O) groups excluding carboxylic acids is 1. The number of phenolic OH excluding ortho intramolecular Hbond substituents is 1. The molecule has 0 radical (unpaired) electrons. The SMILES string of the molecule is O=C(O)N1[C@H](c2ccc(O)cc2)CC[C@@]12CCNC2=O. The minimum absolute atomic E-state index is 0.141. The molecule has 2 amide bonds. The summed E-state index contributed by atoms with van der Waals surface area (Å²) in [7, 11) is 0. The number of benzene rings is 1. The zero-order chi connectivity index (χ0) is 14.3. The average molecular weight is 276 g/mol. The van der Waals surface area contributed by atoms with E-state index in [1.807, 2.05) is 0 Å². The number of hydrogen-bond acceptors (Lipinski definition) is 3. The van der Waals surface area contributed by atoms with E-state index in [1.54, 1.807) is 12.1 Å². The predicted octanol–water partition coefficient (Wildman–Crippen LogP) is 1.47. The summed E-state index contributed by atoms with van der Waals surface area (Å²) in [4.78, 5) is 25.0. The number of phenols is 1. The van der Waals surface area contributed by atoms with Crippen LogP contribution >= 0.6 is 0 Å².